The second kappa shape index (κ2) is 6.80. The molecule has 0 fully saturated rings. The molecule has 1 aliphatic rings. The van der Waals surface area contributed by atoms with Crippen molar-refractivity contribution < 1.29 is 19.1 Å². The van der Waals surface area contributed by atoms with E-state index in [0.29, 0.717) is 11.4 Å². The summed E-state index contributed by atoms with van der Waals surface area (Å²) in [5, 5.41) is 3.02. The highest BCUT2D eigenvalue weighted by atomic mass is 35.5. The third-order valence-electron chi connectivity index (χ3n) is 4.18. The molecule has 0 radical (unpaired) electrons. The van der Waals surface area contributed by atoms with Crippen molar-refractivity contribution in [1.82, 2.24) is 0 Å². The lowest BCUT2D eigenvalue weighted by Crippen LogP contribution is -2.59. The molecule has 0 spiro atoms. The van der Waals surface area contributed by atoms with Gasteiger partial charge in [-0.25, -0.2) is 4.79 Å². The first-order valence-electron chi connectivity index (χ1n) is 7.97. The molecule has 0 aromatic heterocycles. The molecule has 1 N–H and O–H groups in total. The number of para-hydroxylation sites is 2. The van der Waals surface area contributed by atoms with Gasteiger partial charge in [-0.15, -0.1) is 0 Å². The highest BCUT2D eigenvalue weighted by molar-refractivity contribution is 6.33. The minimum absolute atomic E-state index is 0.179. The maximum Gasteiger partial charge on any atom is 0.340 e. The Bertz CT molecular complexity index is 895. The van der Waals surface area contributed by atoms with E-state index in [1.807, 2.05) is 0 Å². The molecule has 1 heterocycles. The molecule has 2 aromatic rings. The van der Waals surface area contributed by atoms with Gasteiger partial charge in [0.15, 0.2) is 6.61 Å². The van der Waals surface area contributed by atoms with E-state index >= 15 is 0 Å². The third-order valence-corrected chi connectivity index (χ3v) is 4.51. The number of hydrogen-bond donors (Lipinski definition) is 1. The topological polar surface area (TPSA) is 75.7 Å². The first-order valence-corrected chi connectivity index (χ1v) is 8.35. The normalized spacial score (nSPS) is 15.0. The number of amides is 2. The van der Waals surface area contributed by atoms with Crippen molar-refractivity contribution in [2.45, 2.75) is 19.4 Å². The molecule has 2 aromatic carbocycles. The van der Waals surface area contributed by atoms with Crippen LogP contribution in [0.25, 0.3) is 0 Å². The summed E-state index contributed by atoms with van der Waals surface area (Å²) in [6.07, 6.45) is 0. The van der Waals surface area contributed by atoms with Crippen LogP contribution in [0.15, 0.2) is 48.5 Å². The Morgan fingerprint density at radius 1 is 1.12 bits per heavy atom. The number of anilines is 2. The summed E-state index contributed by atoms with van der Waals surface area (Å²) in [6, 6.07) is 13.4. The molecule has 7 heteroatoms. The molecule has 0 saturated heterocycles. The number of rotatable bonds is 3. The summed E-state index contributed by atoms with van der Waals surface area (Å²) >= 11 is 5.97. The summed E-state index contributed by atoms with van der Waals surface area (Å²) in [4.78, 5) is 38.7. The number of nitrogens with one attached hydrogen (secondary N) is 1. The first kappa shape index (κ1) is 17.9. The van der Waals surface area contributed by atoms with Crippen LogP contribution in [0.3, 0.4) is 0 Å². The number of nitrogens with zero attached hydrogens (tertiary/aromatic N) is 1. The quantitative estimate of drug-likeness (QED) is 0.839. The van der Waals surface area contributed by atoms with Crippen LogP contribution in [-0.4, -0.2) is 29.9 Å². The monoisotopic (exact) mass is 372 g/mol. The molecule has 0 saturated carbocycles. The standard InChI is InChI=1S/C19H17ClN2O4/c1-19(2)18(25)21-14-9-5-6-10-15(14)22(19)16(23)11-26-17(24)12-7-3-4-8-13(12)20/h3-10H,11H2,1-2H3,(H,21,25). The fraction of sp³-hybridized carbons (Fsp3) is 0.211. The van der Waals surface area contributed by atoms with Gasteiger partial charge in [-0.05, 0) is 38.1 Å². The van der Waals surface area contributed by atoms with Gasteiger partial charge >= 0.3 is 5.97 Å². The van der Waals surface area contributed by atoms with Gasteiger partial charge in [-0.1, -0.05) is 35.9 Å². The second-order valence-electron chi connectivity index (χ2n) is 6.32. The van der Waals surface area contributed by atoms with Gasteiger partial charge in [-0.2, -0.15) is 0 Å². The van der Waals surface area contributed by atoms with E-state index in [1.54, 1.807) is 56.3 Å². The van der Waals surface area contributed by atoms with Crippen LogP contribution in [0.4, 0.5) is 11.4 Å². The number of esters is 1. The molecule has 0 atom stereocenters. The Morgan fingerprint density at radius 3 is 2.50 bits per heavy atom. The number of hydrogen-bond acceptors (Lipinski definition) is 4. The van der Waals surface area contributed by atoms with Gasteiger partial charge in [0.25, 0.3) is 5.91 Å². The van der Waals surface area contributed by atoms with Crippen molar-refractivity contribution in [3.63, 3.8) is 0 Å². The van der Waals surface area contributed by atoms with Crippen LogP contribution >= 0.6 is 11.6 Å². The van der Waals surface area contributed by atoms with Gasteiger partial charge in [0.1, 0.15) is 5.54 Å². The predicted octanol–water partition coefficient (Wildman–Crippen LogP) is 3.26. The number of fused-ring (bicyclic) bond motifs is 1. The number of benzene rings is 2. The zero-order valence-electron chi connectivity index (χ0n) is 14.3. The molecular formula is C19H17ClN2O4. The van der Waals surface area contributed by atoms with Crippen molar-refractivity contribution >= 4 is 40.8 Å². The van der Waals surface area contributed by atoms with Crippen LogP contribution in [0.5, 0.6) is 0 Å². The Hall–Kier alpha value is -2.86. The molecule has 3 rings (SSSR count). The van der Waals surface area contributed by atoms with Gasteiger partial charge in [0.05, 0.1) is 22.0 Å². The second-order valence-corrected chi connectivity index (χ2v) is 6.72. The number of carbonyl (C=O) groups excluding carboxylic acids is 3. The lowest BCUT2D eigenvalue weighted by Gasteiger charge is -2.41. The maximum atomic E-state index is 12.8. The van der Waals surface area contributed by atoms with Gasteiger partial charge in [0.2, 0.25) is 5.91 Å². The minimum atomic E-state index is -1.12. The van der Waals surface area contributed by atoms with E-state index in [9.17, 15) is 14.4 Å². The maximum absolute atomic E-state index is 12.8. The molecule has 6 nitrogen and oxygen atoms in total. The van der Waals surface area contributed by atoms with Gasteiger partial charge in [0, 0.05) is 0 Å². The largest absolute Gasteiger partial charge is 0.452 e. The van der Waals surface area contributed by atoms with Crippen molar-refractivity contribution in [2.75, 3.05) is 16.8 Å². The first-order chi connectivity index (χ1) is 12.3. The summed E-state index contributed by atoms with van der Waals surface area (Å²) in [5.74, 6) is -1.52. The molecule has 0 unspecified atom stereocenters. The SMILES string of the molecule is CC1(C)C(=O)Nc2ccccc2N1C(=O)COC(=O)c1ccccc1Cl. The Morgan fingerprint density at radius 2 is 1.77 bits per heavy atom. The molecule has 26 heavy (non-hydrogen) atoms. The summed E-state index contributed by atoms with van der Waals surface area (Å²) in [5.41, 5.74) is 0.138. The van der Waals surface area contributed by atoms with E-state index in [1.165, 1.54) is 11.0 Å². The molecule has 2 amide bonds. The summed E-state index contributed by atoms with van der Waals surface area (Å²) in [7, 11) is 0. The Kier molecular flexibility index (Phi) is 4.70. The molecule has 1 aliphatic heterocycles. The van der Waals surface area contributed by atoms with Gasteiger partial charge < -0.3 is 10.1 Å². The molecule has 134 valence electrons. The molecular weight excluding hydrogens is 356 g/mol. The fourth-order valence-corrected chi connectivity index (χ4v) is 3.01. The van der Waals surface area contributed by atoms with Crippen LogP contribution < -0.4 is 10.2 Å². The van der Waals surface area contributed by atoms with Crippen LogP contribution in [0.2, 0.25) is 5.02 Å². The van der Waals surface area contributed by atoms with E-state index in [0.717, 1.165) is 0 Å². The van der Waals surface area contributed by atoms with E-state index in [-0.39, 0.29) is 16.5 Å². The minimum Gasteiger partial charge on any atom is -0.452 e. The molecule has 0 bridgehead atoms. The zero-order valence-corrected chi connectivity index (χ0v) is 15.0. The number of halogens is 1. The smallest absolute Gasteiger partial charge is 0.340 e. The summed E-state index contributed by atoms with van der Waals surface area (Å²) < 4.78 is 5.12. The average Bonchev–Trinajstić information content (AvgIpc) is 2.60. The van der Waals surface area contributed by atoms with E-state index in [2.05, 4.69) is 5.32 Å². The summed E-state index contributed by atoms with van der Waals surface area (Å²) in [6.45, 7) is 2.76. The molecule has 0 aliphatic carbocycles. The highest BCUT2D eigenvalue weighted by Crippen LogP contribution is 2.36. The lowest BCUT2D eigenvalue weighted by molar-refractivity contribution is -0.128. The zero-order chi connectivity index (χ0) is 18.9. The Labute approximate surface area is 155 Å². The van der Waals surface area contributed by atoms with E-state index in [4.69, 9.17) is 16.3 Å². The predicted molar refractivity (Wildman–Crippen MR) is 98.4 cm³/mol. The third kappa shape index (κ3) is 3.15. The van der Waals surface area contributed by atoms with Crippen LogP contribution in [0, 0.1) is 0 Å². The highest BCUT2D eigenvalue weighted by Gasteiger charge is 2.43. The van der Waals surface area contributed by atoms with Crippen molar-refractivity contribution in [3.05, 3.63) is 59.1 Å². The Balaban J connectivity index is 1.82. The van der Waals surface area contributed by atoms with E-state index < -0.39 is 24.0 Å². The van der Waals surface area contributed by atoms with Gasteiger partial charge in [-0.3, -0.25) is 14.5 Å². The lowest BCUT2D eigenvalue weighted by atomic mass is 9.96. The van der Waals surface area contributed by atoms with Crippen LogP contribution in [0.1, 0.15) is 24.2 Å². The van der Waals surface area contributed by atoms with Crippen LogP contribution in [-0.2, 0) is 14.3 Å². The average molecular weight is 373 g/mol. The number of ether oxygens (including phenoxy) is 1. The van der Waals surface area contributed by atoms with Crippen molar-refractivity contribution in [2.24, 2.45) is 0 Å². The fourth-order valence-electron chi connectivity index (χ4n) is 2.79. The van der Waals surface area contributed by atoms with Crippen molar-refractivity contribution in [3.8, 4) is 0 Å². The number of carbonyl (C=O) groups is 3. The van der Waals surface area contributed by atoms with Crippen molar-refractivity contribution in [1.29, 1.82) is 0 Å².